The van der Waals surface area contributed by atoms with E-state index in [1.807, 2.05) is 4.90 Å². The first-order valence-corrected chi connectivity index (χ1v) is 15.0. The number of nitrogens with zero attached hydrogens (tertiary/aromatic N) is 6. The van der Waals surface area contributed by atoms with Crippen molar-refractivity contribution in [2.24, 2.45) is 5.92 Å². The summed E-state index contributed by atoms with van der Waals surface area (Å²) in [6.07, 6.45) is 1.38. The summed E-state index contributed by atoms with van der Waals surface area (Å²) in [6.45, 7) is 4.57. The van der Waals surface area contributed by atoms with Gasteiger partial charge < -0.3 is 14.9 Å². The molecule has 2 fully saturated rings. The maximum Gasteiger partial charge on any atom is 0.418 e. The van der Waals surface area contributed by atoms with Gasteiger partial charge >= 0.3 is 12.1 Å². The lowest BCUT2D eigenvalue weighted by Gasteiger charge is -2.30. The minimum absolute atomic E-state index is 0.0583. The maximum atomic E-state index is 14.0. The summed E-state index contributed by atoms with van der Waals surface area (Å²) in [5.41, 5.74) is 0.0960. The van der Waals surface area contributed by atoms with Crippen LogP contribution in [0.4, 0.5) is 29.8 Å². The molecule has 2 N–H and O–H groups in total. The molecule has 3 aromatic rings. The van der Waals surface area contributed by atoms with Gasteiger partial charge in [0.25, 0.3) is 5.91 Å². The summed E-state index contributed by atoms with van der Waals surface area (Å²) in [7, 11) is 3.13. The topological polar surface area (TPSA) is 115 Å². The smallest absolute Gasteiger partial charge is 0.418 e. The number of carbonyl (C=O) groups is 2. The minimum Gasteiger partial charge on any atom is -0.481 e. The molecule has 43 heavy (non-hydrogen) atoms. The van der Waals surface area contributed by atoms with Crippen LogP contribution in [0.15, 0.2) is 30.6 Å². The zero-order valence-electron chi connectivity index (χ0n) is 24.2. The highest BCUT2D eigenvalue weighted by molar-refractivity contribution is 7.16. The highest BCUT2D eigenvalue weighted by atomic mass is 32.1. The van der Waals surface area contributed by atoms with Gasteiger partial charge in [-0.05, 0) is 51.3 Å². The van der Waals surface area contributed by atoms with Crippen LogP contribution in [0.1, 0.15) is 53.5 Å². The van der Waals surface area contributed by atoms with Crippen LogP contribution >= 0.6 is 11.3 Å². The third kappa shape index (κ3) is 6.90. The Hall–Kier alpha value is -3.78. The van der Waals surface area contributed by atoms with E-state index in [0.29, 0.717) is 55.6 Å². The fourth-order valence-corrected chi connectivity index (χ4v) is 6.57. The number of nitrogens with one attached hydrogen (secondary N) is 1. The molecule has 2 aliphatic heterocycles. The molecular weight excluding hydrogens is 583 g/mol. The third-order valence-corrected chi connectivity index (χ3v) is 9.01. The lowest BCUT2D eigenvalue weighted by Crippen LogP contribution is -2.36. The molecule has 0 unspecified atom stereocenters. The standard InChI is InChI=1S/C29H34F3N7O3S/c1-17-5-4-10-39(17)16-23-25(19-6-7-22(37(2)3)20(13-19)29(30,31)32)35-28(43-23)36-26(40)21-14-34-24(15-33-21)38-11-8-18(9-12-38)27(41)42/h6-7,13-15,17-18H,4-5,8-12,16H2,1-3H3,(H,41,42)(H,35,36,40)/t17-/m1/s1. The first-order valence-electron chi connectivity index (χ1n) is 14.1. The fourth-order valence-electron chi connectivity index (χ4n) is 5.57. The van der Waals surface area contributed by atoms with Crippen molar-refractivity contribution >= 4 is 39.9 Å². The van der Waals surface area contributed by atoms with Gasteiger partial charge in [-0.3, -0.25) is 19.8 Å². The summed E-state index contributed by atoms with van der Waals surface area (Å²) in [5.74, 6) is -1.15. The van der Waals surface area contributed by atoms with Gasteiger partial charge in [-0.25, -0.2) is 15.0 Å². The maximum absolute atomic E-state index is 14.0. The molecule has 0 aliphatic carbocycles. The number of likely N-dealkylation sites (tertiary alicyclic amines) is 1. The normalized spacial score (nSPS) is 18.2. The number of piperidine rings is 1. The van der Waals surface area contributed by atoms with E-state index >= 15 is 0 Å². The van der Waals surface area contributed by atoms with Crippen molar-refractivity contribution in [3.63, 3.8) is 0 Å². The molecule has 0 saturated carbocycles. The number of aromatic nitrogens is 3. The molecule has 1 atom stereocenters. The van der Waals surface area contributed by atoms with Crippen LogP contribution < -0.4 is 15.1 Å². The van der Waals surface area contributed by atoms with E-state index in [9.17, 15) is 27.9 Å². The molecule has 2 aromatic heterocycles. The number of carboxylic acid groups (broad SMARTS) is 1. The number of alkyl halides is 3. The molecule has 0 spiro atoms. The van der Waals surface area contributed by atoms with E-state index in [-0.39, 0.29) is 22.4 Å². The van der Waals surface area contributed by atoms with Gasteiger partial charge in [-0.2, -0.15) is 13.2 Å². The van der Waals surface area contributed by atoms with Crippen molar-refractivity contribution in [3.8, 4) is 11.3 Å². The van der Waals surface area contributed by atoms with Crippen LogP contribution in [-0.4, -0.2) is 76.6 Å². The lowest BCUT2D eigenvalue weighted by atomic mass is 9.97. The Balaban J connectivity index is 1.38. The van der Waals surface area contributed by atoms with E-state index in [4.69, 9.17) is 0 Å². The second kappa shape index (κ2) is 12.4. The molecule has 2 saturated heterocycles. The van der Waals surface area contributed by atoms with Gasteiger partial charge in [0, 0.05) is 55.9 Å². The second-order valence-electron chi connectivity index (χ2n) is 11.2. The molecule has 0 bridgehead atoms. The zero-order chi connectivity index (χ0) is 30.9. The predicted octanol–water partition coefficient (Wildman–Crippen LogP) is 5.22. The largest absolute Gasteiger partial charge is 0.481 e. The van der Waals surface area contributed by atoms with E-state index in [0.717, 1.165) is 30.3 Å². The number of halogens is 3. The second-order valence-corrected chi connectivity index (χ2v) is 12.3. The van der Waals surface area contributed by atoms with Crippen LogP contribution in [0.5, 0.6) is 0 Å². The van der Waals surface area contributed by atoms with Gasteiger partial charge in [-0.1, -0.05) is 17.4 Å². The van der Waals surface area contributed by atoms with E-state index in [1.165, 1.54) is 34.7 Å². The Bertz CT molecular complexity index is 1470. The Morgan fingerprint density at radius 2 is 1.86 bits per heavy atom. The average molecular weight is 618 g/mol. The zero-order valence-corrected chi connectivity index (χ0v) is 25.0. The summed E-state index contributed by atoms with van der Waals surface area (Å²) < 4.78 is 42.0. The van der Waals surface area contributed by atoms with Crippen LogP contribution in [0, 0.1) is 5.92 Å². The van der Waals surface area contributed by atoms with Gasteiger partial charge in [0.05, 0.1) is 29.6 Å². The highest BCUT2D eigenvalue weighted by Crippen LogP contribution is 2.41. The van der Waals surface area contributed by atoms with Crippen LogP contribution in [0.25, 0.3) is 11.3 Å². The number of carboxylic acids is 1. The highest BCUT2D eigenvalue weighted by Gasteiger charge is 2.35. The van der Waals surface area contributed by atoms with Crippen molar-refractivity contribution in [2.75, 3.05) is 48.8 Å². The number of hydrogen-bond donors (Lipinski definition) is 2. The summed E-state index contributed by atoms with van der Waals surface area (Å²) in [5, 5.41) is 12.2. The van der Waals surface area contributed by atoms with Crippen LogP contribution in [0.2, 0.25) is 0 Å². The third-order valence-electron chi connectivity index (χ3n) is 8.05. The molecule has 10 nitrogen and oxygen atoms in total. The predicted molar refractivity (Wildman–Crippen MR) is 159 cm³/mol. The van der Waals surface area contributed by atoms with Gasteiger partial charge in [0.15, 0.2) is 5.13 Å². The van der Waals surface area contributed by atoms with E-state index < -0.39 is 23.6 Å². The summed E-state index contributed by atoms with van der Waals surface area (Å²) >= 11 is 1.24. The fraction of sp³-hybridized carbons (Fsp3) is 0.483. The first kappa shape index (κ1) is 30.7. The number of thiazole rings is 1. The molecule has 5 rings (SSSR count). The number of benzene rings is 1. The Kier molecular flexibility index (Phi) is 8.88. The molecular formula is C29H34F3N7O3S. The molecule has 1 amide bonds. The summed E-state index contributed by atoms with van der Waals surface area (Å²) in [4.78, 5) is 43.9. The molecule has 4 heterocycles. The first-order chi connectivity index (χ1) is 20.4. The number of hydrogen-bond acceptors (Lipinski definition) is 9. The van der Waals surface area contributed by atoms with Crippen molar-refractivity contribution in [2.45, 2.75) is 51.4 Å². The molecule has 2 aliphatic rings. The lowest BCUT2D eigenvalue weighted by molar-refractivity contribution is -0.142. The summed E-state index contributed by atoms with van der Waals surface area (Å²) in [6, 6.07) is 4.53. The number of amides is 1. The van der Waals surface area contributed by atoms with Crippen molar-refractivity contribution in [1.29, 1.82) is 0 Å². The molecule has 230 valence electrons. The van der Waals surface area contributed by atoms with Crippen molar-refractivity contribution in [1.82, 2.24) is 19.9 Å². The Morgan fingerprint density at radius 3 is 2.44 bits per heavy atom. The number of rotatable bonds is 8. The van der Waals surface area contributed by atoms with E-state index in [2.05, 4.69) is 32.1 Å². The minimum atomic E-state index is -4.55. The van der Waals surface area contributed by atoms with Crippen molar-refractivity contribution in [3.05, 3.63) is 46.7 Å². The van der Waals surface area contributed by atoms with E-state index in [1.54, 1.807) is 20.2 Å². The quantitative estimate of drug-likeness (QED) is 0.351. The van der Waals surface area contributed by atoms with Crippen LogP contribution in [0.3, 0.4) is 0 Å². The monoisotopic (exact) mass is 617 g/mol. The van der Waals surface area contributed by atoms with Crippen molar-refractivity contribution < 1.29 is 27.9 Å². The van der Waals surface area contributed by atoms with Crippen LogP contribution in [-0.2, 0) is 17.5 Å². The van der Waals surface area contributed by atoms with Gasteiger partial charge in [-0.15, -0.1) is 0 Å². The number of aliphatic carboxylic acids is 1. The molecule has 14 heteroatoms. The van der Waals surface area contributed by atoms with Gasteiger partial charge in [0.2, 0.25) is 0 Å². The number of carbonyl (C=O) groups excluding carboxylic acids is 1. The number of anilines is 3. The SMILES string of the molecule is C[C@@H]1CCCN1Cc1sc(NC(=O)c2cnc(N3CCC(C(=O)O)CC3)cn2)nc1-c1ccc(N(C)C)c(C(F)(F)F)c1. The Labute approximate surface area is 251 Å². The molecule has 0 radical (unpaired) electrons. The Morgan fingerprint density at radius 1 is 1.12 bits per heavy atom. The molecule has 1 aromatic carbocycles. The van der Waals surface area contributed by atoms with Gasteiger partial charge in [0.1, 0.15) is 11.5 Å². The average Bonchev–Trinajstić information content (AvgIpc) is 3.57.